The van der Waals surface area contributed by atoms with Gasteiger partial charge in [-0.3, -0.25) is 0 Å². The molecular formula is C6H3BrClN3S2. The molecule has 3 nitrogen and oxygen atoms in total. The lowest BCUT2D eigenvalue weighted by Gasteiger charge is -1.83. The lowest BCUT2D eigenvalue weighted by molar-refractivity contribution is 1.35. The van der Waals surface area contributed by atoms with Gasteiger partial charge in [0, 0.05) is 16.0 Å². The summed E-state index contributed by atoms with van der Waals surface area (Å²) < 4.78 is 5.64. The van der Waals surface area contributed by atoms with Crippen LogP contribution >= 0.6 is 50.4 Å². The Morgan fingerprint density at radius 2 is 2.31 bits per heavy atom. The summed E-state index contributed by atoms with van der Waals surface area (Å²) >= 11 is 11.8. The predicted octanol–water partition coefficient (Wildman–Crippen LogP) is 3.26. The first-order chi connectivity index (χ1) is 6.16. The zero-order chi connectivity index (χ0) is 9.42. The molecule has 2 aromatic rings. The van der Waals surface area contributed by atoms with Crippen molar-refractivity contribution >= 4 is 55.5 Å². The van der Waals surface area contributed by atoms with Gasteiger partial charge >= 0.3 is 0 Å². The second-order valence-corrected chi connectivity index (χ2v) is 5.48. The van der Waals surface area contributed by atoms with Crippen molar-refractivity contribution < 1.29 is 0 Å². The zero-order valence-corrected chi connectivity index (χ0v) is 10.1. The maximum Gasteiger partial charge on any atom is 0.200 e. The van der Waals surface area contributed by atoms with Gasteiger partial charge in [0.05, 0.1) is 4.88 Å². The van der Waals surface area contributed by atoms with Gasteiger partial charge in [0.2, 0.25) is 0 Å². The van der Waals surface area contributed by atoms with E-state index in [1.165, 1.54) is 22.9 Å². The molecule has 0 aromatic carbocycles. The second-order valence-electron chi connectivity index (χ2n) is 2.19. The van der Waals surface area contributed by atoms with Gasteiger partial charge in [0.15, 0.2) is 11.0 Å². The number of hydrogen-bond donors (Lipinski definition) is 1. The lowest BCUT2D eigenvalue weighted by atomic mass is 10.4. The normalized spacial score (nSPS) is 10.6. The number of nitrogen functional groups attached to an aromatic ring is 1. The fraction of sp³-hybridized carbons (Fsp3) is 0. The van der Waals surface area contributed by atoms with Gasteiger partial charge in [-0.15, -0.1) is 11.3 Å². The monoisotopic (exact) mass is 295 g/mol. The second kappa shape index (κ2) is 3.53. The highest BCUT2D eigenvalue weighted by Crippen LogP contribution is 2.37. The van der Waals surface area contributed by atoms with Crippen molar-refractivity contribution in [3.8, 4) is 10.7 Å². The molecule has 0 unspecified atom stereocenters. The summed E-state index contributed by atoms with van der Waals surface area (Å²) in [6.07, 6.45) is 0. The SMILES string of the molecule is Nc1nc(-c2cc(Br)c(Cl)s2)ns1. The van der Waals surface area contributed by atoms with Crippen LogP contribution in [0.15, 0.2) is 10.5 Å². The maximum absolute atomic E-state index is 5.87. The molecule has 2 N–H and O–H groups in total. The number of hydrogen-bond acceptors (Lipinski definition) is 5. The van der Waals surface area contributed by atoms with E-state index < -0.39 is 0 Å². The van der Waals surface area contributed by atoms with Crippen molar-refractivity contribution in [2.45, 2.75) is 0 Å². The highest BCUT2D eigenvalue weighted by molar-refractivity contribution is 9.10. The number of aromatic nitrogens is 2. The van der Waals surface area contributed by atoms with Crippen LogP contribution in [0.5, 0.6) is 0 Å². The molecule has 2 heterocycles. The average Bonchev–Trinajstić information content (AvgIpc) is 2.61. The molecule has 0 radical (unpaired) electrons. The van der Waals surface area contributed by atoms with Gasteiger partial charge < -0.3 is 5.73 Å². The van der Waals surface area contributed by atoms with Crippen molar-refractivity contribution in [3.05, 3.63) is 14.9 Å². The van der Waals surface area contributed by atoms with Crippen LogP contribution in [0.2, 0.25) is 4.34 Å². The van der Waals surface area contributed by atoms with Crippen molar-refractivity contribution in [2.24, 2.45) is 0 Å². The van der Waals surface area contributed by atoms with Crippen LogP contribution in [0.3, 0.4) is 0 Å². The molecule has 0 saturated carbocycles. The standard InChI is InChI=1S/C6H3BrClN3S2/c7-2-1-3(12-4(2)8)5-10-6(9)13-11-5/h1H,(H2,9,10,11). The lowest BCUT2D eigenvalue weighted by Crippen LogP contribution is -1.81. The van der Waals surface area contributed by atoms with Crippen molar-refractivity contribution in [2.75, 3.05) is 5.73 Å². The number of nitrogens with zero attached hydrogens (tertiary/aromatic N) is 2. The molecule has 0 amide bonds. The Morgan fingerprint density at radius 1 is 1.54 bits per heavy atom. The minimum absolute atomic E-state index is 0.468. The summed E-state index contributed by atoms with van der Waals surface area (Å²) in [5.74, 6) is 0.639. The van der Waals surface area contributed by atoms with E-state index >= 15 is 0 Å². The summed E-state index contributed by atoms with van der Waals surface area (Å²) in [4.78, 5) is 4.97. The minimum atomic E-state index is 0.468. The Labute approximate surface area is 95.9 Å². The third-order valence-corrected chi connectivity index (χ3v) is 4.32. The molecule has 2 aromatic heterocycles. The maximum atomic E-state index is 5.87. The Morgan fingerprint density at radius 3 is 2.77 bits per heavy atom. The predicted molar refractivity (Wildman–Crippen MR) is 60.3 cm³/mol. The van der Waals surface area contributed by atoms with Crippen molar-refractivity contribution in [1.82, 2.24) is 9.36 Å². The molecule has 0 bridgehead atoms. The molecule has 0 fully saturated rings. The molecular weight excluding hydrogens is 294 g/mol. The first-order valence-electron chi connectivity index (χ1n) is 3.21. The van der Waals surface area contributed by atoms with E-state index in [9.17, 15) is 0 Å². The Balaban J connectivity index is 2.46. The molecule has 0 atom stereocenters. The van der Waals surface area contributed by atoms with Crippen molar-refractivity contribution in [1.29, 1.82) is 0 Å². The first kappa shape index (κ1) is 9.39. The number of nitrogens with two attached hydrogens (primary N) is 1. The van der Waals surface area contributed by atoms with Crippen LogP contribution in [-0.2, 0) is 0 Å². The van der Waals surface area contributed by atoms with Crippen LogP contribution in [0.25, 0.3) is 10.7 Å². The number of thiophene rings is 1. The van der Waals surface area contributed by atoms with Gasteiger partial charge in [-0.1, -0.05) is 11.6 Å². The summed E-state index contributed by atoms with van der Waals surface area (Å²) in [5.41, 5.74) is 5.47. The van der Waals surface area contributed by atoms with E-state index in [-0.39, 0.29) is 0 Å². The molecule has 13 heavy (non-hydrogen) atoms. The van der Waals surface area contributed by atoms with Crippen LogP contribution in [0, 0.1) is 0 Å². The summed E-state index contributed by atoms with van der Waals surface area (Å²) in [6.45, 7) is 0. The highest BCUT2D eigenvalue weighted by atomic mass is 79.9. The Kier molecular flexibility index (Phi) is 2.55. The molecule has 0 aliphatic rings. The first-order valence-corrected chi connectivity index (χ1v) is 5.97. The fourth-order valence-corrected chi connectivity index (χ4v) is 2.93. The third-order valence-electron chi connectivity index (χ3n) is 1.31. The number of rotatable bonds is 1. The zero-order valence-electron chi connectivity index (χ0n) is 6.12. The molecule has 68 valence electrons. The summed E-state index contributed by atoms with van der Waals surface area (Å²) in [6, 6.07) is 1.88. The van der Waals surface area contributed by atoms with Crippen LogP contribution in [0.4, 0.5) is 5.13 Å². The van der Waals surface area contributed by atoms with Gasteiger partial charge in [-0.25, -0.2) is 0 Å². The number of halogens is 2. The Hall–Kier alpha value is -0.170. The summed E-state index contributed by atoms with van der Waals surface area (Å²) in [5, 5.41) is 0.468. The van der Waals surface area contributed by atoms with Gasteiger partial charge in [0.1, 0.15) is 4.34 Å². The van der Waals surface area contributed by atoms with Crippen LogP contribution < -0.4 is 5.73 Å². The average molecular weight is 297 g/mol. The van der Waals surface area contributed by atoms with Crippen LogP contribution in [0.1, 0.15) is 0 Å². The van der Waals surface area contributed by atoms with E-state index in [1.807, 2.05) is 6.07 Å². The van der Waals surface area contributed by atoms with Crippen LogP contribution in [-0.4, -0.2) is 9.36 Å². The van der Waals surface area contributed by atoms with E-state index in [1.54, 1.807) is 0 Å². The molecule has 0 aliphatic heterocycles. The highest BCUT2D eigenvalue weighted by Gasteiger charge is 2.10. The quantitative estimate of drug-likeness (QED) is 0.879. The molecule has 2 rings (SSSR count). The third kappa shape index (κ3) is 1.85. The van der Waals surface area contributed by atoms with E-state index in [2.05, 4.69) is 25.3 Å². The Bertz CT molecular complexity index is 419. The topological polar surface area (TPSA) is 51.8 Å². The van der Waals surface area contributed by atoms with E-state index in [0.717, 1.165) is 9.35 Å². The van der Waals surface area contributed by atoms with E-state index in [0.29, 0.717) is 15.3 Å². The van der Waals surface area contributed by atoms with E-state index in [4.69, 9.17) is 17.3 Å². The van der Waals surface area contributed by atoms with Gasteiger partial charge in [-0.05, 0) is 22.0 Å². The molecule has 0 spiro atoms. The van der Waals surface area contributed by atoms with Crippen molar-refractivity contribution in [3.63, 3.8) is 0 Å². The minimum Gasteiger partial charge on any atom is -0.374 e. The molecule has 0 aliphatic carbocycles. The largest absolute Gasteiger partial charge is 0.374 e. The van der Waals surface area contributed by atoms with Gasteiger partial charge in [-0.2, -0.15) is 9.36 Å². The fourth-order valence-electron chi connectivity index (χ4n) is 0.792. The molecule has 7 heteroatoms. The smallest absolute Gasteiger partial charge is 0.200 e. The number of anilines is 1. The van der Waals surface area contributed by atoms with Gasteiger partial charge in [0.25, 0.3) is 0 Å². The summed E-state index contributed by atoms with van der Waals surface area (Å²) in [7, 11) is 0. The molecule has 0 saturated heterocycles.